The van der Waals surface area contributed by atoms with E-state index >= 15 is 0 Å². The number of hydrogen-bond donors (Lipinski definition) is 5. The molecule has 756 valence electrons. The summed E-state index contributed by atoms with van der Waals surface area (Å²) in [6.07, 6.45) is -11.8. The van der Waals surface area contributed by atoms with Gasteiger partial charge < -0.3 is 78.7 Å². The van der Waals surface area contributed by atoms with Gasteiger partial charge in [-0.05, 0) is 65.1 Å². The van der Waals surface area contributed by atoms with Crippen LogP contribution in [0.25, 0.3) is 0 Å². The molecular weight excluding hydrogens is 1930 g/mol. The number of methoxy groups -OCH3 is 5. The van der Waals surface area contributed by atoms with Crippen LogP contribution in [0.5, 0.6) is 0 Å². The maximum absolute atomic E-state index is 14.6. The molecule has 141 heavy (non-hydrogen) atoms. The van der Waals surface area contributed by atoms with Crippen molar-refractivity contribution in [2.24, 2.45) is 0 Å². The quantitative estimate of drug-likeness (QED) is 0.0169. The van der Waals surface area contributed by atoms with E-state index in [1.807, 2.05) is 0 Å². The highest BCUT2D eigenvalue weighted by Gasteiger charge is 2.51. The molecule has 0 spiro atoms. The number of allylic oxidation sites excluding steroid dienone is 5. The number of esters is 11. The maximum atomic E-state index is 14.6. The largest absolute Gasteiger partial charge is 0.466 e. The van der Waals surface area contributed by atoms with Crippen LogP contribution in [0.2, 0.25) is 0 Å². The predicted molar refractivity (Wildman–Crippen MR) is 448 cm³/mol. The van der Waals surface area contributed by atoms with Gasteiger partial charge in [-0.1, -0.05) is 60.7 Å². The first-order chi connectivity index (χ1) is 67.5. The molecule has 9 aliphatic heterocycles. The Morgan fingerprint density at radius 2 is 0.518 bits per heavy atom. The molecule has 2 unspecified atom stereocenters. The average molecular weight is 2010 g/mol. The molecule has 0 fully saturated rings. The zero-order chi connectivity index (χ0) is 104. The van der Waals surface area contributed by atoms with Crippen molar-refractivity contribution in [3.8, 4) is 0 Å². The molecule has 0 bridgehead atoms. The van der Waals surface area contributed by atoms with Gasteiger partial charge in [0, 0.05) is 34.7 Å². The summed E-state index contributed by atoms with van der Waals surface area (Å²) in [4.78, 5) is 135. The minimum Gasteiger partial charge on any atom is -0.466 e. The Kier molecular flexibility index (Phi) is 37.0. The summed E-state index contributed by atoms with van der Waals surface area (Å²) < 4.78 is 330. The van der Waals surface area contributed by atoms with Crippen molar-refractivity contribution in [3.05, 3.63) is 288 Å². The molecule has 0 aliphatic carbocycles. The summed E-state index contributed by atoms with van der Waals surface area (Å²) in [5.74, 6) is -22.5. The van der Waals surface area contributed by atoms with Crippen molar-refractivity contribution >= 4 is 65.7 Å². The van der Waals surface area contributed by atoms with Crippen LogP contribution in [0.3, 0.4) is 0 Å². The fraction of sp³-hybridized carbons (Fsp3) is 0.351. The van der Waals surface area contributed by atoms with Gasteiger partial charge in [0.05, 0.1) is 184 Å². The van der Waals surface area contributed by atoms with Gasteiger partial charge in [0.1, 0.15) is 129 Å². The van der Waals surface area contributed by atoms with Crippen LogP contribution in [0.4, 0.5) is 87.8 Å². The number of carbonyl (C=O) groups is 11. The van der Waals surface area contributed by atoms with Crippen molar-refractivity contribution < 1.29 is 193 Å². The van der Waals surface area contributed by atoms with E-state index < -0.39 is 262 Å². The SMILES string of the molecule is CCOC(=O)C1=C(COC(C)=O)NC(CF)=C(C(=O)OC)C1c1cccc(F)c1C(F)CF.COC(=O)C1=C(CF)NC2=C(C(=O)OC2)[C@@H]1c1cccc(F)c1[C@@H](F)CF.COC(=O)C1=C(CF)NC2=C(C(=O)OC2)[C@@H]1c1cccc(F)c1[C@H](F)CF.COC(=O)C1=C(CF)NC2=C(C(=O)OC2)[C@H]1c1cccc(F)c1[C@@H](F)CF.COC(=O)C1=C(CF)NC2=C(C(=O)OC2)[C@H]1c1cccc(F)c1[C@H](F)CF. The van der Waals surface area contributed by atoms with Crippen molar-refractivity contribution in [2.45, 2.75) is 74.3 Å². The van der Waals surface area contributed by atoms with Crippen LogP contribution < -0.4 is 26.6 Å². The van der Waals surface area contributed by atoms with Gasteiger partial charge in [0.25, 0.3) is 0 Å². The van der Waals surface area contributed by atoms with E-state index in [1.165, 1.54) is 67.6 Å². The van der Waals surface area contributed by atoms with E-state index in [-0.39, 0.29) is 168 Å². The van der Waals surface area contributed by atoms with Gasteiger partial charge in [0.15, 0.2) is 30.9 Å². The number of nitrogens with one attached hydrogen (secondary N) is 5. The molecule has 0 radical (unpaired) electrons. The van der Waals surface area contributed by atoms with Gasteiger partial charge in [-0.2, -0.15) is 0 Å². The third-order valence-corrected chi connectivity index (χ3v) is 22.8. The van der Waals surface area contributed by atoms with Crippen LogP contribution in [-0.2, 0) is 105 Å². The number of benzene rings is 5. The second-order valence-corrected chi connectivity index (χ2v) is 30.5. The van der Waals surface area contributed by atoms with Crippen LogP contribution in [0, 0.1) is 29.1 Å². The van der Waals surface area contributed by atoms with Crippen molar-refractivity contribution in [2.75, 3.05) is 142 Å². The van der Waals surface area contributed by atoms with Gasteiger partial charge in [0.2, 0.25) is 0 Å². The highest BCUT2D eigenvalue weighted by atomic mass is 19.2. The number of alkyl halides is 15. The standard InChI is InChI=1S/C22H23F4NO6.4C18H15F4NO4/c1-4-32-22(30)20-16(10-33-11(2)28)27-15(9-24)19(21(29)31-3)18(20)12-6-5-7-13(25)17(12)14(26)8-23;4*1-26-17(24)15-11(6-20)23-12-7-27-18(25)16(12)14(15)8-3-2-4-9(21)13(8)10(22)5-19/h5-7,14,18,27H,4,8-10H2,1-3H3;4*2-4,10,14,23H,5-7H2,1H3/t;2*10-,14+;2*10-,14-/m.1010/s1. The zero-order valence-corrected chi connectivity index (χ0v) is 74.8. The Morgan fingerprint density at radius 1 is 0.312 bits per heavy atom. The molecular formula is C94H83F20N5O22. The third kappa shape index (κ3) is 22.1. The molecule has 0 aromatic heterocycles. The molecule has 9 aliphatic rings. The number of rotatable bonds is 29. The lowest BCUT2D eigenvalue weighted by molar-refractivity contribution is -0.142. The summed E-state index contributed by atoms with van der Waals surface area (Å²) in [5.41, 5.74) is -7.48. The molecule has 27 nitrogen and oxygen atoms in total. The second kappa shape index (κ2) is 48.2. The Bertz CT molecular complexity index is 5560. The normalized spacial score (nSPS) is 19.4. The van der Waals surface area contributed by atoms with Gasteiger partial charge in [-0.15, -0.1) is 0 Å². The molecule has 0 saturated heterocycles. The molecule has 5 aromatic carbocycles. The Morgan fingerprint density at radius 3 is 0.716 bits per heavy atom. The molecule has 5 aromatic rings. The predicted octanol–water partition coefficient (Wildman–Crippen LogP) is 14.1. The number of ether oxygens (including phenoxy) is 11. The lowest BCUT2D eigenvalue weighted by atomic mass is 9.77. The van der Waals surface area contributed by atoms with E-state index in [4.69, 9.17) is 33.2 Å². The minimum absolute atomic E-state index is 0.0921. The lowest BCUT2D eigenvalue weighted by Crippen LogP contribution is -2.36. The topological polar surface area (TPSA) is 349 Å². The maximum Gasteiger partial charge on any atom is 0.337 e. The number of carbonyl (C=O) groups excluding carboxylic acids is 11. The monoisotopic (exact) mass is 2010 g/mol. The number of dihydropyridines is 5. The minimum atomic E-state index is -2.44. The number of cyclic esters (lactones) is 4. The van der Waals surface area contributed by atoms with Crippen LogP contribution in [0.15, 0.2) is 204 Å². The number of halogens is 20. The molecule has 10 atom stereocenters. The summed E-state index contributed by atoms with van der Waals surface area (Å²) in [6.45, 7) is -12.4. The molecule has 5 N–H and O–H groups in total. The van der Waals surface area contributed by atoms with Crippen molar-refractivity contribution in [1.82, 2.24) is 26.6 Å². The molecule has 47 heteroatoms. The van der Waals surface area contributed by atoms with Gasteiger partial charge in [-0.25, -0.2) is 136 Å². The van der Waals surface area contributed by atoms with Crippen LogP contribution in [0.1, 0.15) is 130 Å². The van der Waals surface area contributed by atoms with Gasteiger partial charge in [-0.3, -0.25) is 4.79 Å². The van der Waals surface area contributed by atoms with E-state index in [2.05, 4.69) is 45.5 Å². The first-order valence-electron chi connectivity index (χ1n) is 41.8. The fourth-order valence-electron chi connectivity index (χ4n) is 17.0. The summed E-state index contributed by atoms with van der Waals surface area (Å²) in [6, 6.07) is 16.9. The molecule has 14 rings (SSSR count). The highest BCUT2D eigenvalue weighted by Crippen LogP contribution is 2.52. The zero-order valence-electron chi connectivity index (χ0n) is 74.8. The smallest absolute Gasteiger partial charge is 0.337 e. The Labute approximate surface area is 786 Å². The van der Waals surface area contributed by atoms with E-state index in [9.17, 15) is 141 Å². The van der Waals surface area contributed by atoms with Crippen LogP contribution >= 0.6 is 0 Å². The fourth-order valence-corrected chi connectivity index (χ4v) is 17.0. The van der Waals surface area contributed by atoms with Crippen molar-refractivity contribution in [1.29, 1.82) is 0 Å². The lowest BCUT2D eigenvalue weighted by Gasteiger charge is -2.32. The Balaban J connectivity index is 0.000000182. The van der Waals surface area contributed by atoms with Gasteiger partial charge >= 0.3 is 65.7 Å². The highest BCUT2D eigenvalue weighted by molar-refractivity contribution is 6.06. The van der Waals surface area contributed by atoms with E-state index in [0.29, 0.717) is 0 Å². The van der Waals surface area contributed by atoms with E-state index in [0.717, 1.165) is 72.8 Å². The first-order valence-corrected chi connectivity index (χ1v) is 41.8. The molecule has 0 saturated carbocycles. The summed E-state index contributed by atoms with van der Waals surface area (Å²) in [7, 11) is 5.18. The summed E-state index contributed by atoms with van der Waals surface area (Å²) >= 11 is 0. The number of hydrogen-bond acceptors (Lipinski definition) is 27. The second-order valence-electron chi connectivity index (χ2n) is 30.5. The first kappa shape index (κ1) is 108. The van der Waals surface area contributed by atoms with Crippen LogP contribution in [-0.4, -0.2) is 208 Å². The third-order valence-electron chi connectivity index (χ3n) is 22.8. The summed E-state index contributed by atoms with van der Waals surface area (Å²) in [5, 5.41) is 13.0. The Hall–Kier alpha value is -14.7. The van der Waals surface area contributed by atoms with Crippen molar-refractivity contribution in [3.63, 3.8) is 0 Å². The average Bonchev–Trinajstić information content (AvgIpc) is 1.66. The molecule has 0 amide bonds. The molecule has 9 heterocycles. The van der Waals surface area contributed by atoms with E-state index in [1.54, 1.807) is 0 Å².